The Kier molecular flexibility index (Phi) is 2.81. The Morgan fingerprint density at radius 2 is 2.21 bits per heavy atom. The Morgan fingerprint density at radius 3 is 2.57 bits per heavy atom. The first-order valence-corrected chi connectivity index (χ1v) is 3.85. The molecule has 1 aromatic rings. The van der Waals surface area contributed by atoms with Crippen molar-refractivity contribution in [3.05, 3.63) is 17.5 Å². The average molecular weight is 209 g/mol. The average Bonchev–Trinajstić information content (AvgIpc) is 2.45. The molecular formula is C7H10F3N3O. The summed E-state index contributed by atoms with van der Waals surface area (Å²) in [7, 11) is 1.32. The van der Waals surface area contributed by atoms with Crippen LogP contribution in [0.5, 0.6) is 0 Å². The van der Waals surface area contributed by atoms with Gasteiger partial charge in [0.1, 0.15) is 6.10 Å². The van der Waals surface area contributed by atoms with Gasteiger partial charge in [-0.25, -0.2) is 0 Å². The van der Waals surface area contributed by atoms with Gasteiger partial charge in [-0.05, 0) is 6.07 Å². The predicted octanol–water partition coefficient (Wildman–Crippen LogP) is 0.431. The highest BCUT2D eigenvalue weighted by molar-refractivity contribution is 5.15. The summed E-state index contributed by atoms with van der Waals surface area (Å²) in [6.45, 7) is -0.142. The molecule has 0 aromatic carbocycles. The summed E-state index contributed by atoms with van der Waals surface area (Å²) < 4.78 is 37.5. The standard InChI is InChI=1S/C7H10F3N3O/c1-13-4(5(14)3-11)2-6(12-13)7(8,9)10/h2,5,14H,3,11H2,1H3/t5-/m1/s1. The lowest BCUT2D eigenvalue weighted by Crippen LogP contribution is -2.14. The quantitative estimate of drug-likeness (QED) is 0.742. The summed E-state index contributed by atoms with van der Waals surface area (Å²) in [6, 6.07) is 0.789. The van der Waals surface area contributed by atoms with Crippen molar-refractivity contribution in [3.63, 3.8) is 0 Å². The van der Waals surface area contributed by atoms with Gasteiger partial charge in [0.05, 0.1) is 5.69 Å². The van der Waals surface area contributed by atoms with Crippen LogP contribution in [0.2, 0.25) is 0 Å². The van der Waals surface area contributed by atoms with E-state index < -0.39 is 18.0 Å². The van der Waals surface area contributed by atoms with Crippen LogP contribution in [0, 0.1) is 0 Å². The first-order chi connectivity index (χ1) is 6.36. The fraction of sp³-hybridized carbons (Fsp3) is 0.571. The molecule has 0 saturated carbocycles. The van der Waals surface area contributed by atoms with Gasteiger partial charge in [-0.2, -0.15) is 18.3 Å². The molecule has 0 radical (unpaired) electrons. The first kappa shape index (κ1) is 11.0. The highest BCUT2D eigenvalue weighted by Crippen LogP contribution is 2.29. The summed E-state index contributed by atoms with van der Waals surface area (Å²) in [5.41, 5.74) is 4.15. The Labute approximate surface area is 78.1 Å². The number of alkyl halides is 3. The lowest BCUT2D eigenvalue weighted by Gasteiger charge is -2.06. The van der Waals surface area contributed by atoms with Crippen molar-refractivity contribution in [2.45, 2.75) is 12.3 Å². The van der Waals surface area contributed by atoms with Crippen molar-refractivity contribution in [1.29, 1.82) is 0 Å². The Morgan fingerprint density at radius 1 is 1.64 bits per heavy atom. The fourth-order valence-electron chi connectivity index (χ4n) is 1.05. The largest absolute Gasteiger partial charge is 0.435 e. The van der Waals surface area contributed by atoms with Gasteiger partial charge in [0.25, 0.3) is 0 Å². The van der Waals surface area contributed by atoms with E-state index in [0.29, 0.717) is 0 Å². The topological polar surface area (TPSA) is 64.1 Å². The maximum Gasteiger partial charge on any atom is 0.435 e. The third-order valence-corrected chi connectivity index (χ3v) is 1.77. The van der Waals surface area contributed by atoms with Crippen LogP contribution in [-0.4, -0.2) is 21.4 Å². The van der Waals surface area contributed by atoms with E-state index in [2.05, 4.69) is 5.10 Å². The zero-order valence-corrected chi connectivity index (χ0v) is 7.41. The molecule has 7 heteroatoms. The molecule has 0 spiro atoms. The van der Waals surface area contributed by atoms with Gasteiger partial charge in [-0.1, -0.05) is 0 Å². The Balaban J connectivity index is 3.05. The van der Waals surface area contributed by atoms with Gasteiger partial charge >= 0.3 is 6.18 Å². The number of aliphatic hydroxyl groups is 1. The van der Waals surface area contributed by atoms with Crippen LogP contribution >= 0.6 is 0 Å². The van der Waals surface area contributed by atoms with E-state index in [0.717, 1.165) is 10.7 Å². The van der Waals surface area contributed by atoms with Crippen molar-refractivity contribution < 1.29 is 18.3 Å². The SMILES string of the molecule is Cn1nc(C(F)(F)F)cc1[C@H](O)CN. The number of nitrogens with two attached hydrogens (primary N) is 1. The summed E-state index contributed by atoms with van der Waals surface area (Å²) in [5.74, 6) is 0. The highest BCUT2D eigenvalue weighted by atomic mass is 19.4. The van der Waals surface area contributed by atoms with E-state index in [9.17, 15) is 18.3 Å². The molecule has 14 heavy (non-hydrogen) atoms. The molecule has 0 aliphatic rings. The molecule has 1 atom stereocenters. The van der Waals surface area contributed by atoms with Gasteiger partial charge in [-0.15, -0.1) is 0 Å². The van der Waals surface area contributed by atoms with E-state index in [1.807, 2.05) is 0 Å². The highest BCUT2D eigenvalue weighted by Gasteiger charge is 2.35. The number of halogens is 3. The third kappa shape index (κ3) is 2.05. The fourth-order valence-corrected chi connectivity index (χ4v) is 1.05. The van der Waals surface area contributed by atoms with Crippen LogP contribution in [0.1, 0.15) is 17.5 Å². The molecule has 0 aliphatic heterocycles. The van der Waals surface area contributed by atoms with E-state index in [1.54, 1.807) is 0 Å². The molecule has 1 aromatic heterocycles. The maximum atomic E-state index is 12.2. The van der Waals surface area contributed by atoms with Crippen molar-refractivity contribution in [3.8, 4) is 0 Å². The minimum absolute atomic E-state index is 0.0554. The summed E-state index contributed by atoms with van der Waals surface area (Å²) in [6.07, 6.45) is -5.62. The van der Waals surface area contributed by atoms with Gasteiger partial charge in [0, 0.05) is 13.6 Å². The Hall–Kier alpha value is -1.08. The lowest BCUT2D eigenvalue weighted by molar-refractivity contribution is -0.141. The smallest absolute Gasteiger partial charge is 0.385 e. The molecular weight excluding hydrogens is 199 g/mol. The van der Waals surface area contributed by atoms with E-state index in [4.69, 9.17) is 5.73 Å². The predicted molar refractivity (Wildman–Crippen MR) is 42.2 cm³/mol. The molecule has 1 rings (SSSR count). The zero-order chi connectivity index (χ0) is 10.9. The van der Waals surface area contributed by atoms with E-state index >= 15 is 0 Å². The second-order valence-electron chi connectivity index (χ2n) is 2.83. The Bertz CT molecular complexity index is 320. The van der Waals surface area contributed by atoms with Crippen LogP contribution in [-0.2, 0) is 13.2 Å². The zero-order valence-electron chi connectivity index (χ0n) is 7.41. The molecule has 0 fully saturated rings. The van der Waals surface area contributed by atoms with E-state index in [1.165, 1.54) is 7.05 Å². The van der Waals surface area contributed by atoms with E-state index in [-0.39, 0.29) is 12.2 Å². The lowest BCUT2D eigenvalue weighted by atomic mass is 10.2. The normalized spacial score (nSPS) is 14.4. The second kappa shape index (κ2) is 3.58. The molecule has 0 aliphatic carbocycles. The molecule has 0 bridgehead atoms. The molecule has 80 valence electrons. The van der Waals surface area contributed by atoms with Crippen LogP contribution < -0.4 is 5.73 Å². The van der Waals surface area contributed by atoms with Crippen molar-refractivity contribution in [1.82, 2.24) is 9.78 Å². The van der Waals surface area contributed by atoms with Crippen LogP contribution in [0.4, 0.5) is 13.2 Å². The minimum atomic E-state index is -4.50. The van der Waals surface area contributed by atoms with Crippen LogP contribution in [0.25, 0.3) is 0 Å². The number of hydrogen-bond acceptors (Lipinski definition) is 3. The number of aliphatic hydroxyl groups excluding tert-OH is 1. The molecule has 4 nitrogen and oxygen atoms in total. The molecule has 0 saturated heterocycles. The van der Waals surface area contributed by atoms with Crippen molar-refractivity contribution >= 4 is 0 Å². The van der Waals surface area contributed by atoms with Gasteiger partial charge < -0.3 is 10.8 Å². The van der Waals surface area contributed by atoms with Gasteiger partial charge in [-0.3, -0.25) is 4.68 Å². The minimum Gasteiger partial charge on any atom is -0.385 e. The number of hydrogen-bond donors (Lipinski definition) is 2. The molecule has 1 heterocycles. The summed E-state index contributed by atoms with van der Waals surface area (Å²) in [5, 5.41) is 12.5. The third-order valence-electron chi connectivity index (χ3n) is 1.77. The number of aryl methyl sites for hydroxylation is 1. The second-order valence-corrected chi connectivity index (χ2v) is 2.83. The maximum absolute atomic E-state index is 12.2. The molecule has 0 amide bonds. The number of aromatic nitrogens is 2. The molecule has 0 unspecified atom stereocenters. The summed E-state index contributed by atoms with van der Waals surface area (Å²) >= 11 is 0. The van der Waals surface area contributed by atoms with Crippen LogP contribution in [0.15, 0.2) is 6.07 Å². The monoisotopic (exact) mass is 209 g/mol. The summed E-state index contributed by atoms with van der Waals surface area (Å²) in [4.78, 5) is 0. The first-order valence-electron chi connectivity index (χ1n) is 3.85. The number of nitrogens with zero attached hydrogens (tertiary/aromatic N) is 2. The van der Waals surface area contributed by atoms with Gasteiger partial charge in [0.15, 0.2) is 5.69 Å². The van der Waals surface area contributed by atoms with Crippen molar-refractivity contribution in [2.75, 3.05) is 6.54 Å². The molecule has 3 N–H and O–H groups in total. The van der Waals surface area contributed by atoms with Crippen LogP contribution in [0.3, 0.4) is 0 Å². The van der Waals surface area contributed by atoms with Gasteiger partial charge in [0.2, 0.25) is 0 Å². The number of rotatable bonds is 2. The van der Waals surface area contributed by atoms with Crippen molar-refractivity contribution in [2.24, 2.45) is 12.8 Å².